The van der Waals surface area contributed by atoms with Gasteiger partial charge >= 0.3 is 0 Å². The average molecular weight is 318 g/mol. The molecule has 0 radical (unpaired) electrons. The van der Waals surface area contributed by atoms with Crippen LogP contribution < -0.4 is 10.6 Å². The largest absolute Gasteiger partial charge is 0.383 e. The molecule has 7 heteroatoms. The zero-order valence-electron chi connectivity index (χ0n) is 10.1. The lowest BCUT2D eigenvalue weighted by atomic mass is 10.3. The fourth-order valence-corrected chi connectivity index (χ4v) is 1.85. The summed E-state index contributed by atoms with van der Waals surface area (Å²) in [5.41, 5.74) is 0.916. The van der Waals surface area contributed by atoms with E-state index in [0.717, 1.165) is 25.3 Å². The summed E-state index contributed by atoms with van der Waals surface area (Å²) in [7, 11) is 1.66. The van der Waals surface area contributed by atoms with Crippen LogP contribution >= 0.6 is 15.9 Å². The van der Waals surface area contributed by atoms with Gasteiger partial charge in [0, 0.05) is 49.0 Å². The number of non-ortho nitro benzene ring substituents is 1. The van der Waals surface area contributed by atoms with Crippen molar-refractivity contribution in [1.29, 1.82) is 0 Å². The number of hydrogen-bond donors (Lipinski definition) is 2. The molecule has 2 N–H and O–H groups in total. The molecule has 0 fully saturated rings. The molecule has 0 aliphatic heterocycles. The maximum absolute atomic E-state index is 10.6. The third-order valence-electron chi connectivity index (χ3n) is 2.26. The Balaban J connectivity index is 2.36. The third kappa shape index (κ3) is 4.99. The van der Waals surface area contributed by atoms with Gasteiger partial charge in [0.2, 0.25) is 0 Å². The predicted octanol–water partition coefficient (Wildman–Crippen LogP) is 2.01. The number of nitro benzene ring substituents is 1. The molecular formula is C11H16BrN3O3. The van der Waals surface area contributed by atoms with Crippen LogP contribution in [0, 0.1) is 10.1 Å². The number of nitrogens with one attached hydrogen (secondary N) is 2. The molecule has 0 heterocycles. The van der Waals surface area contributed by atoms with Crippen LogP contribution in [0.4, 0.5) is 11.4 Å². The van der Waals surface area contributed by atoms with Crippen molar-refractivity contribution in [2.24, 2.45) is 0 Å². The van der Waals surface area contributed by atoms with E-state index in [-0.39, 0.29) is 5.69 Å². The summed E-state index contributed by atoms with van der Waals surface area (Å²) in [5.74, 6) is 0. The van der Waals surface area contributed by atoms with Gasteiger partial charge in [0.15, 0.2) is 0 Å². The molecule has 0 aliphatic carbocycles. The van der Waals surface area contributed by atoms with Gasteiger partial charge in [-0.25, -0.2) is 0 Å². The van der Waals surface area contributed by atoms with Crippen molar-refractivity contribution in [3.8, 4) is 0 Å². The molecular weight excluding hydrogens is 302 g/mol. The van der Waals surface area contributed by atoms with Crippen LogP contribution in [0.25, 0.3) is 0 Å². The molecule has 1 aromatic carbocycles. The molecule has 0 spiro atoms. The van der Waals surface area contributed by atoms with Crippen LogP contribution in [-0.4, -0.2) is 38.3 Å². The molecule has 0 aromatic heterocycles. The Morgan fingerprint density at radius 1 is 1.39 bits per heavy atom. The Kier molecular flexibility index (Phi) is 6.63. The van der Waals surface area contributed by atoms with E-state index in [9.17, 15) is 10.1 Å². The van der Waals surface area contributed by atoms with E-state index in [2.05, 4.69) is 26.6 Å². The Bertz CT molecular complexity index is 401. The molecule has 0 amide bonds. The van der Waals surface area contributed by atoms with Crippen LogP contribution in [0.3, 0.4) is 0 Å². The highest BCUT2D eigenvalue weighted by Gasteiger charge is 2.08. The van der Waals surface area contributed by atoms with E-state index in [1.165, 1.54) is 12.1 Å². The minimum atomic E-state index is -0.416. The quantitative estimate of drug-likeness (QED) is 0.436. The lowest BCUT2D eigenvalue weighted by molar-refractivity contribution is -0.384. The number of halogens is 1. The van der Waals surface area contributed by atoms with Crippen molar-refractivity contribution in [3.05, 3.63) is 32.8 Å². The van der Waals surface area contributed by atoms with E-state index in [4.69, 9.17) is 4.74 Å². The molecule has 0 unspecified atom stereocenters. The smallest absolute Gasteiger partial charge is 0.270 e. The van der Waals surface area contributed by atoms with Crippen molar-refractivity contribution in [1.82, 2.24) is 5.32 Å². The molecule has 100 valence electrons. The predicted molar refractivity (Wildman–Crippen MR) is 74.0 cm³/mol. The fraction of sp³-hybridized carbons (Fsp3) is 0.455. The summed E-state index contributed by atoms with van der Waals surface area (Å²) in [4.78, 5) is 10.2. The fourth-order valence-electron chi connectivity index (χ4n) is 1.35. The number of methoxy groups -OCH3 is 1. The molecule has 1 aromatic rings. The Labute approximate surface area is 114 Å². The van der Waals surface area contributed by atoms with Crippen molar-refractivity contribution in [2.75, 3.05) is 38.7 Å². The topological polar surface area (TPSA) is 76.4 Å². The maximum atomic E-state index is 10.6. The number of ether oxygens (including phenoxy) is 1. The van der Waals surface area contributed by atoms with Gasteiger partial charge in [-0.2, -0.15) is 0 Å². The first kappa shape index (κ1) is 14.9. The van der Waals surface area contributed by atoms with E-state index < -0.39 is 4.92 Å². The summed E-state index contributed by atoms with van der Waals surface area (Å²) in [6.07, 6.45) is 0. The monoisotopic (exact) mass is 317 g/mol. The Morgan fingerprint density at radius 3 is 2.78 bits per heavy atom. The summed E-state index contributed by atoms with van der Waals surface area (Å²) in [6.45, 7) is 3.02. The van der Waals surface area contributed by atoms with Crippen LogP contribution in [0.2, 0.25) is 0 Å². The minimum absolute atomic E-state index is 0.0747. The molecule has 0 atom stereocenters. The second-order valence-electron chi connectivity index (χ2n) is 3.59. The summed E-state index contributed by atoms with van der Waals surface area (Å²) >= 11 is 3.30. The zero-order chi connectivity index (χ0) is 13.4. The first-order valence-corrected chi connectivity index (χ1v) is 6.32. The van der Waals surface area contributed by atoms with Crippen LogP contribution in [-0.2, 0) is 4.74 Å². The number of nitro groups is 1. The van der Waals surface area contributed by atoms with Gasteiger partial charge in [0.25, 0.3) is 5.69 Å². The van der Waals surface area contributed by atoms with Crippen molar-refractivity contribution >= 4 is 27.3 Å². The normalized spacial score (nSPS) is 10.3. The molecule has 6 nitrogen and oxygen atoms in total. The first-order chi connectivity index (χ1) is 8.65. The molecule has 0 saturated heterocycles. The number of rotatable bonds is 8. The first-order valence-electron chi connectivity index (χ1n) is 5.52. The van der Waals surface area contributed by atoms with Crippen LogP contribution in [0.15, 0.2) is 22.7 Å². The van der Waals surface area contributed by atoms with E-state index in [1.807, 2.05) is 0 Å². The highest BCUT2D eigenvalue weighted by molar-refractivity contribution is 9.10. The maximum Gasteiger partial charge on any atom is 0.270 e. The van der Waals surface area contributed by atoms with E-state index >= 15 is 0 Å². The molecule has 0 saturated carbocycles. The summed E-state index contributed by atoms with van der Waals surface area (Å²) in [6, 6.07) is 4.66. The summed E-state index contributed by atoms with van der Waals surface area (Å²) in [5, 5.41) is 16.9. The third-order valence-corrected chi connectivity index (χ3v) is 2.92. The highest BCUT2D eigenvalue weighted by Crippen LogP contribution is 2.26. The van der Waals surface area contributed by atoms with Gasteiger partial charge in [0.1, 0.15) is 0 Å². The van der Waals surface area contributed by atoms with Crippen molar-refractivity contribution in [2.45, 2.75) is 0 Å². The SMILES string of the molecule is COCCNCCNc1ccc([N+](=O)[O-])cc1Br. The van der Waals surface area contributed by atoms with E-state index in [1.54, 1.807) is 13.2 Å². The molecule has 0 bridgehead atoms. The number of benzene rings is 1. The van der Waals surface area contributed by atoms with Gasteiger partial charge in [-0.05, 0) is 22.0 Å². The number of nitrogens with zero attached hydrogens (tertiary/aromatic N) is 1. The zero-order valence-corrected chi connectivity index (χ0v) is 11.7. The highest BCUT2D eigenvalue weighted by atomic mass is 79.9. The Hall–Kier alpha value is -1.18. The Morgan fingerprint density at radius 2 is 2.17 bits per heavy atom. The lowest BCUT2D eigenvalue weighted by Crippen LogP contribution is -2.25. The van der Waals surface area contributed by atoms with E-state index in [0.29, 0.717) is 11.1 Å². The van der Waals surface area contributed by atoms with Gasteiger partial charge in [-0.1, -0.05) is 0 Å². The second-order valence-corrected chi connectivity index (χ2v) is 4.45. The molecule has 1 rings (SSSR count). The van der Waals surface area contributed by atoms with Crippen molar-refractivity contribution in [3.63, 3.8) is 0 Å². The van der Waals surface area contributed by atoms with Crippen LogP contribution in [0.5, 0.6) is 0 Å². The van der Waals surface area contributed by atoms with Gasteiger partial charge in [0.05, 0.1) is 11.5 Å². The number of anilines is 1. The molecule has 18 heavy (non-hydrogen) atoms. The van der Waals surface area contributed by atoms with Gasteiger partial charge in [-0.3, -0.25) is 10.1 Å². The minimum Gasteiger partial charge on any atom is -0.383 e. The molecule has 0 aliphatic rings. The van der Waals surface area contributed by atoms with Crippen molar-refractivity contribution < 1.29 is 9.66 Å². The van der Waals surface area contributed by atoms with Gasteiger partial charge in [-0.15, -0.1) is 0 Å². The average Bonchev–Trinajstić information content (AvgIpc) is 2.35. The number of hydrogen-bond acceptors (Lipinski definition) is 5. The lowest BCUT2D eigenvalue weighted by Gasteiger charge is -2.09. The summed E-state index contributed by atoms with van der Waals surface area (Å²) < 4.78 is 5.60. The second kappa shape index (κ2) is 8.02. The van der Waals surface area contributed by atoms with Crippen LogP contribution in [0.1, 0.15) is 0 Å². The van der Waals surface area contributed by atoms with Gasteiger partial charge < -0.3 is 15.4 Å². The standard InChI is InChI=1S/C11H16BrN3O3/c1-18-7-6-13-4-5-14-11-3-2-9(15(16)17)8-10(11)12/h2-3,8,13-14H,4-7H2,1H3.